The second kappa shape index (κ2) is 5.68. The van der Waals surface area contributed by atoms with Crippen molar-refractivity contribution >= 4 is 23.3 Å². The largest absolute Gasteiger partial charge is 0.478 e. The second-order valence-corrected chi connectivity index (χ2v) is 7.22. The molecule has 0 fully saturated rings. The third-order valence-electron chi connectivity index (χ3n) is 5.42. The Bertz CT molecular complexity index is 955. The lowest BCUT2D eigenvalue weighted by molar-refractivity contribution is 0.0696. The lowest BCUT2D eigenvalue weighted by Gasteiger charge is -2.38. The summed E-state index contributed by atoms with van der Waals surface area (Å²) in [6.07, 6.45) is 5.24. The van der Waals surface area contributed by atoms with Crippen LogP contribution in [-0.2, 0) is 0 Å². The molecular weight excluding hydrogens is 354 g/mol. The maximum atomic E-state index is 11.4. The zero-order valence-electron chi connectivity index (χ0n) is 13.7. The van der Waals surface area contributed by atoms with Gasteiger partial charge in [-0.2, -0.15) is 0 Å². The van der Waals surface area contributed by atoms with Gasteiger partial charge in [-0.1, -0.05) is 29.8 Å². The molecule has 3 aliphatic rings. The van der Waals surface area contributed by atoms with E-state index >= 15 is 0 Å². The Hall–Kier alpha value is -2.66. The number of hydrogen-bond donors (Lipinski definition) is 2. The minimum absolute atomic E-state index is 0.0604. The van der Waals surface area contributed by atoms with Crippen LogP contribution < -0.4 is 14.8 Å². The van der Waals surface area contributed by atoms with Gasteiger partial charge in [0.2, 0.25) is 6.79 Å². The lowest BCUT2D eigenvalue weighted by atomic mass is 9.76. The van der Waals surface area contributed by atoms with Gasteiger partial charge in [0.05, 0.1) is 22.3 Å². The van der Waals surface area contributed by atoms with Crippen molar-refractivity contribution in [1.82, 2.24) is 0 Å². The third-order valence-corrected chi connectivity index (χ3v) is 5.72. The molecule has 0 aromatic heterocycles. The summed E-state index contributed by atoms with van der Waals surface area (Å²) in [5.41, 5.74) is 3.09. The molecule has 6 heteroatoms. The number of ether oxygens (including phenoxy) is 2. The van der Waals surface area contributed by atoms with E-state index in [9.17, 15) is 9.90 Å². The minimum Gasteiger partial charge on any atom is -0.478 e. The first-order valence-corrected chi connectivity index (χ1v) is 8.89. The van der Waals surface area contributed by atoms with E-state index in [4.69, 9.17) is 21.1 Å². The van der Waals surface area contributed by atoms with Crippen molar-refractivity contribution in [2.45, 2.75) is 18.4 Å². The van der Waals surface area contributed by atoms with Crippen LogP contribution in [0.25, 0.3) is 0 Å². The summed E-state index contributed by atoms with van der Waals surface area (Å²) in [4.78, 5) is 11.4. The maximum absolute atomic E-state index is 11.4. The highest BCUT2D eigenvalue weighted by atomic mass is 35.5. The highest BCUT2D eigenvalue weighted by Crippen LogP contribution is 2.52. The van der Waals surface area contributed by atoms with Gasteiger partial charge in [-0.05, 0) is 47.7 Å². The van der Waals surface area contributed by atoms with Crippen LogP contribution in [0.1, 0.15) is 39.9 Å². The van der Waals surface area contributed by atoms with E-state index in [0.717, 1.165) is 34.7 Å². The Morgan fingerprint density at radius 1 is 1.19 bits per heavy atom. The lowest BCUT2D eigenvalue weighted by Crippen LogP contribution is -2.29. The summed E-state index contributed by atoms with van der Waals surface area (Å²) in [6, 6.07) is 9.29. The van der Waals surface area contributed by atoms with Crippen molar-refractivity contribution in [3.63, 3.8) is 0 Å². The Morgan fingerprint density at radius 2 is 2.04 bits per heavy atom. The predicted octanol–water partition coefficient (Wildman–Crippen LogP) is 4.59. The molecule has 3 atom stereocenters. The first-order valence-electron chi connectivity index (χ1n) is 8.51. The summed E-state index contributed by atoms with van der Waals surface area (Å²) in [6.45, 7) is 0.247. The number of nitrogens with one attached hydrogen (secondary N) is 1. The van der Waals surface area contributed by atoms with Crippen LogP contribution in [0.3, 0.4) is 0 Å². The molecule has 0 saturated heterocycles. The van der Waals surface area contributed by atoms with E-state index in [1.54, 1.807) is 6.07 Å². The van der Waals surface area contributed by atoms with Crippen LogP contribution in [0.2, 0.25) is 5.02 Å². The number of halogens is 1. The molecule has 132 valence electrons. The molecule has 0 bridgehead atoms. The Morgan fingerprint density at radius 3 is 2.88 bits per heavy atom. The molecular formula is C20H16ClNO4. The highest BCUT2D eigenvalue weighted by Gasteiger charge is 2.39. The molecule has 0 amide bonds. The Labute approximate surface area is 155 Å². The molecule has 2 aromatic carbocycles. The fourth-order valence-electron chi connectivity index (χ4n) is 4.22. The smallest absolute Gasteiger partial charge is 0.335 e. The van der Waals surface area contributed by atoms with Crippen molar-refractivity contribution < 1.29 is 19.4 Å². The Kier molecular flexibility index (Phi) is 3.40. The van der Waals surface area contributed by atoms with Crippen molar-refractivity contribution in [3.05, 3.63) is 64.2 Å². The number of benzene rings is 2. The zero-order chi connectivity index (χ0) is 17.8. The van der Waals surface area contributed by atoms with Gasteiger partial charge in [-0.25, -0.2) is 4.79 Å². The fourth-order valence-corrected chi connectivity index (χ4v) is 4.50. The molecule has 0 saturated carbocycles. The molecule has 2 aromatic rings. The predicted molar refractivity (Wildman–Crippen MR) is 97.3 cm³/mol. The summed E-state index contributed by atoms with van der Waals surface area (Å²) in [7, 11) is 0. The summed E-state index contributed by atoms with van der Waals surface area (Å²) < 4.78 is 10.9. The van der Waals surface area contributed by atoms with Crippen LogP contribution in [-0.4, -0.2) is 17.9 Å². The van der Waals surface area contributed by atoms with E-state index in [0.29, 0.717) is 10.9 Å². The number of hydrogen-bond acceptors (Lipinski definition) is 4. The van der Waals surface area contributed by atoms with Gasteiger partial charge in [0, 0.05) is 5.92 Å². The van der Waals surface area contributed by atoms with Gasteiger partial charge in [0.15, 0.2) is 11.5 Å². The quantitative estimate of drug-likeness (QED) is 0.757. The van der Waals surface area contributed by atoms with E-state index in [2.05, 4.69) is 17.5 Å². The van der Waals surface area contributed by atoms with Crippen molar-refractivity contribution in [3.8, 4) is 11.5 Å². The van der Waals surface area contributed by atoms with E-state index in [1.165, 1.54) is 6.07 Å². The van der Waals surface area contributed by atoms with Crippen LogP contribution in [0, 0.1) is 5.92 Å². The van der Waals surface area contributed by atoms with Crippen molar-refractivity contribution in [1.29, 1.82) is 0 Å². The van der Waals surface area contributed by atoms with Gasteiger partial charge in [0.1, 0.15) is 0 Å². The standard InChI is InChI=1S/C20H16ClNO4/c21-15-7-11(20(23)24)6-14-12-2-1-3-13(12)18(22-19(14)15)10-4-5-16-17(8-10)26-9-25-16/h1-2,4-8,12-13,18,22H,3,9H2,(H,23,24)/t12-,13+,18-/m1/s1. The van der Waals surface area contributed by atoms with Crippen LogP contribution in [0.15, 0.2) is 42.5 Å². The molecule has 0 spiro atoms. The average molecular weight is 370 g/mol. The molecule has 2 aliphatic heterocycles. The molecule has 1 aliphatic carbocycles. The van der Waals surface area contributed by atoms with Gasteiger partial charge in [-0.15, -0.1) is 0 Å². The summed E-state index contributed by atoms with van der Waals surface area (Å²) in [5, 5.41) is 13.3. The highest BCUT2D eigenvalue weighted by molar-refractivity contribution is 6.33. The molecule has 26 heavy (non-hydrogen) atoms. The fraction of sp³-hybridized carbons (Fsp3) is 0.250. The van der Waals surface area contributed by atoms with Gasteiger partial charge >= 0.3 is 5.97 Å². The topological polar surface area (TPSA) is 67.8 Å². The first-order chi connectivity index (χ1) is 12.6. The first kappa shape index (κ1) is 15.6. The third kappa shape index (κ3) is 2.27. The number of fused-ring (bicyclic) bond motifs is 4. The SMILES string of the molecule is O=C(O)c1cc(Cl)c2c(c1)[C@@H]1C=CC[C@@H]1[C@@H](c1ccc3c(c1)OCO3)N2. The summed E-state index contributed by atoms with van der Waals surface area (Å²) >= 11 is 6.43. The normalized spacial score (nSPS) is 24.7. The molecule has 0 radical (unpaired) electrons. The van der Waals surface area contributed by atoms with Gasteiger partial charge in [0.25, 0.3) is 0 Å². The molecule has 5 rings (SSSR count). The number of carboxylic acids is 1. The number of aromatic carboxylic acids is 1. The minimum atomic E-state index is -0.967. The van der Waals surface area contributed by atoms with Gasteiger partial charge in [-0.3, -0.25) is 0 Å². The van der Waals surface area contributed by atoms with Gasteiger partial charge < -0.3 is 19.9 Å². The van der Waals surface area contributed by atoms with Crippen molar-refractivity contribution in [2.24, 2.45) is 5.92 Å². The van der Waals surface area contributed by atoms with E-state index in [-0.39, 0.29) is 24.3 Å². The van der Waals surface area contributed by atoms with E-state index in [1.807, 2.05) is 18.2 Å². The number of carbonyl (C=O) groups is 1. The van der Waals surface area contributed by atoms with Crippen LogP contribution in [0.4, 0.5) is 5.69 Å². The van der Waals surface area contributed by atoms with Crippen molar-refractivity contribution in [2.75, 3.05) is 12.1 Å². The number of carboxylic acid groups (broad SMARTS) is 1. The second-order valence-electron chi connectivity index (χ2n) is 6.82. The number of anilines is 1. The number of rotatable bonds is 2. The molecule has 0 unspecified atom stereocenters. The average Bonchev–Trinajstić information content (AvgIpc) is 3.29. The number of allylic oxidation sites excluding steroid dienone is 2. The Balaban J connectivity index is 1.60. The van der Waals surface area contributed by atoms with Crippen LogP contribution in [0.5, 0.6) is 11.5 Å². The molecule has 5 nitrogen and oxygen atoms in total. The van der Waals surface area contributed by atoms with E-state index < -0.39 is 5.97 Å². The zero-order valence-corrected chi connectivity index (χ0v) is 14.5. The van der Waals surface area contributed by atoms with Crippen LogP contribution >= 0.6 is 11.6 Å². The monoisotopic (exact) mass is 369 g/mol. The maximum Gasteiger partial charge on any atom is 0.335 e. The summed E-state index contributed by atoms with van der Waals surface area (Å²) in [5.74, 6) is 0.979. The molecule has 2 heterocycles. The molecule has 2 N–H and O–H groups in total.